The standard InChI is InChI=1S/C14H21NO/c1-9-13-7-10-3-4-11(16)8-12(10)14(9,2)5-6-15-13/h9,13,15H,3-8H2,1-2H3/t9-,13-,14-/m1/s1. The summed E-state index contributed by atoms with van der Waals surface area (Å²) in [4.78, 5) is 11.7. The fourth-order valence-corrected chi connectivity index (χ4v) is 3.99. The lowest BCUT2D eigenvalue weighted by atomic mass is 9.57. The lowest BCUT2D eigenvalue weighted by Crippen LogP contribution is -2.54. The summed E-state index contributed by atoms with van der Waals surface area (Å²) < 4.78 is 0. The second-order valence-electron chi connectivity index (χ2n) is 6.02. The van der Waals surface area contributed by atoms with Gasteiger partial charge in [0, 0.05) is 18.9 Å². The van der Waals surface area contributed by atoms with Gasteiger partial charge in [-0.2, -0.15) is 0 Å². The monoisotopic (exact) mass is 219 g/mol. The van der Waals surface area contributed by atoms with Crippen molar-refractivity contribution < 1.29 is 4.79 Å². The van der Waals surface area contributed by atoms with E-state index in [0.717, 1.165) is 25.8 Å². The van der Waals surface area contributed by atoms with Gasteiger partial charge in [0.1, 0.15) is 5.78 Å². The molecule has 0 aromatic rings. The van der Waals surface area contributed by atoms with Crippen LogP contribution in [-0.4, -0.2) is 18.4 Å². The van der Waals surface area contributed by atoms with Crippen LogP contribution in [0, 0.1) is 11.3 Å². The second-order valence-corrected chi connectivity index (χ2v) is 6.02. The van der Waals surface area contributed by atoms with Crippen molar-refractivity contribution in [1.29, 1.82) is 0 Å². The Morgan fingerprint density at radius 2 is 2.19 bits per heavy atom. The normalized spacial score (nSPS) is 43.2. The number of piperidine rings is 1. The van der Waals surface area contributed by atoms with Gasteiger partial charge in [0.2, 0.25) is 0 Å². The maximum Gasteiger partial charge on any atom is 0.137 e. The zero-order valence-electron chi connectivity index (χ0n) is 10.3. The minimum atomic E-state index is 0.305. The molecule has 2 bridgehead atoms. The van der Waals surface area contributed by atoms with Gasteiger partial charge in [0.25, 0.3) is 0 Å². The van der Waals surface area contributed by atoms with Gasteiger partial charge in [-0.05, 0) is 37.1 Å². The van der Waals surface area contributed by atoms with Crippen LogP contribution in [-0.2, 0) is 4.79 Å². The first kappa shape index (κ1) is 10.5. The zero-order chi connectivity index (χ0) is 11.3. The third-order valence-electron chi connectivity index (χ3n) is 5.32. The van der Waals surface area contributed by atoms with Gasteiger partial charge in [0.05, 0.1) is 0 Å². The predicted octanol–water partition coefficient (Wildman–Crippen LogP) is 2.44. The van der Waals surface area contributed by atoms with E-state index in [1.54, 1.807) is 5.57 Å². The molecular weight excluding hydrogens is 198 g/mol. The molecule has 0 spiro atoms. The van der Waals surface area contributed by atoms with Crippen molar-refractivity contribution in [2.75, 3.05) is 6.54 Å². The number of hydrogen-bond acceptors (Lipinski definition) is 2. The van der Waals surface area contributed by atoms with Gasteiger partial charge in [-0.1, -0.05) is 25.0 Å². The van der Waals surface area contributed by atoms with Gasteiger partial charge in [0.15, 0.2) is 0 Å². The Bertz CT molecular complexity index is 371. The first-order valence-corrected chi connectivity index (χ1v) is 6.58. The molecule has 3 rings (SSSR count). The zero-order valence-corrected chi connectivity index (χ0v) is 10.3. The van der Waals surface area contributed by atoms with Crippen molar-refractivity contribution in [3.63, 3.8) is 0 Å². The molecule has 2 aliphatic carbocycles. The Kier molecular flexibility index (Phi) is 2.25. The van der Waals surface area contributed by atoms with Crippen molar-refractivity contribution >= 4 is 5.78 Å². The summed E-state index contributed by atoms with van der Waals surface area (Å²) in [5.74, 6) is 1.15. The fraction of sp³-hybridized carbons (Fsp3) is 0.786. The summed E-state index contributed by atoms with van der Waals surface area (Å²) >= 11 is 0. The highest BCUT2D eigenvalue weighted by Crippen LogP contribution is 2.52. The van der Waals surface area contributed by atoms with Crippen molar-refractivity contribution in [3.05, 3.63) is 11.1 Å². The third-order valence-corrected chi connectivity index (χ3v) is 5.32. The van der Waals surface area contributed by atoms with E-state index in [1.807, 2.05) is 0 Å². The molecule has 1 aliphatic heterocycles. The number of hydrogen-bond donors (Lipinski definition) is 1. The molecule has 1 saturated heterocycles. The van der Waals surface area contributed by atoms with Crippen molar-refractivity contribution in [2.45, 2.75) is 52.0 Å². The van der Waals surface area contributed by atoms with Crippen LogP contribution in [0.5, 0.6) is 0 Å². The smallest absolute Gasteiger partial charge is 0.137 e. The van der Waals surface area contributed by atoms with Crippen LogP contribution >= 0.6 is 0 Å². The Balaban J connectivity index is 2.05. The molecular formula is C14H21NO. The third kappa shape index (κ3) is 1.32. The van der Waals surface area contributed by atoms with Gasteiger partial charge in [-0.25, -0.2) is 0 Å². The predicted molar refractivity (Wildman–Crippen MR) is 64.2 cm³/mol. The average Bonchev–Trinajstić information content (AvgIpc) is 2.25. The van der Waals surface area contributed by atoms with E-state index in [-0.39, 0.29) is 0 Å². The highest BCUT2D eigenvalue weighted by molar-refractivity contribution is 5.83. The van der Waals surface area contributed by atoms with Gasteiger partial charge in [-0.15, -0.1) is 0 Å². The van der Waals surface area contributed by atoms with Crippen LogP contribution in [0.1, 0.15) is 46.0 Å². The van der Waals surface area contributed by atoms with E-state index in [2.05, 4.69) is 19.2 Å². The summed E-state index contributed by atoms with van der Waals surface area (Å²) in [7, 11) is 0. The number of Topliss-reactive ketones (excluding diaryl/α,β-unsaturated/α-hetero) is 1. The topological polar surface area (TPSA) is 29.1 Å². The molecule has 16 heavy (non-hydrogen) atoms. The Morgan fingerprint density at radius 1 is 1.38 bits per heavy atom. The molecule has 3 aliphatic rings. The molecule has 88 valence electrons. The van der Waals surface area contributed by atoms with Gasteiger partial charge >= 0.3 is 0 Å². The molecule has 1 fully saturated rings. The maximum atomic E-state index is 11.7. The molecule has 2 nitrogen and oxygen atoms in total. The van der Waals surface area contributed by atoms with Crippen molar-refractivity contribution in [1.82, 2.24) is 5.32 Å². The van der Waals surface area contributed by atoms with E-state index in [4.69, 9.17) is 0 Å². The van der Waals surface area contributed by atoms with E-state index in [1.165, 1.54) is 18.4 Å². The highest BCUT2D eigenvalue weighted by atomic mass is 16.1. The molecule has 3 atom stereocenters. The van der Waals surface area contributed by atoms with Crippen LogP contribution in [0.3, 0.4) is 0 Å². The molecule has 0 radical (unpaired) electrons. The van der Waals surface area contributed by atoms with E-state index in [0.29, 0.717) is 23.2 Å². The maximum absolute atomic E-state index is 11.7. The molecule has 1 heterocycles. The Labute approximate surface area is 97.5 Å². The number of ketones is 1. The fourth-order valence-electron chi connectivity index (χ4n) is 3.99. The molecule has 1 N–H and O–H groups in total. The van der Waals surface area contributed by atoms with Gasteiger partial charge < -0.3 is 5.32 Å². The summed E-state index contributed by atoms with van der Waals surface area (Å²) in [5, 5.41) is 3.65. The second kappa shape index (κ2) is 3.43. The summed E-state index contributed by atoms with van der Waals surface area (Å²) in [6.07, 6.45) is 4.98. The SMILES string of the molecule is C[C@@H]1[C@H]2CC3=C(CC(=O)CC3)[C@]1(C)CCN2. The van der Waals surface area contributed by atoms with Crippen LogP contribution in [0.2, 0.25) is 0 Å². The number of nitrogens with one attached hydrogen (secondary N) is 1. The minimum Gasteiger partial charge on any atom is -0.313 e. The molecule has 0 amide bonds. The lowest BCUT2D eigenvalue weighted by molar-refractivity contribution is -0.119. The largest absolute Gasteiger partial charge is 0.313 e. The molecule has 2 heteroatoms. The van der Waals surface area contributed by atoms with E-state index < -0.39 is 0 Å². The van der Waals surface area contributed by atoms with Crippen LogP contribution in [0.25, 0.3) is 0 Å². The van der Waals surface area contributed by atoms with Crippen molar-refractivity contribution in [2.24, 2.45) is 11.3 Å². The molecule has 0 unspecified atom stereocenters. The number of allylic oxidation sites excluding steroid dienone is 1. The van der Waals surface area contributed by atoms with Gasteiger partial charge in [-0.3, -0.25) is 4.79 Å². The number of fused-ring (bicyclic) bond motifs is 3. The number of carbonyl (C=O) groups is 1. The van der Waals surface area contributed by atoms with E-state index >= 15 is 0 Å². The van der Waals surface area contributed by atoms with Crippen LogP contribution < -0.4 is 5.32 Å². The highest BCUT2D eigenvalue weighted by Gasteiger charge is 2.47. The average molecular weight is 219 g/mol. The van der Waals surface area contributed by atoms with Crippen molar-refractivity contribution in [3.8, 4) is 0 Å². The Hall–Kier alpha value is -0.630. The Morgan fingerprint density at radius 3 is 3.00 bits per heavy atom. The first-order chi connectivity index (χ1) is 7.61. The molecule has 0 aromatic heterocycles. The first-order valence-electron chi connectivity index (χ1n) is 6.58. The summed E-state index contributed by atoms with van der Waals surface area (Å²) in [5.41, 5.74) is 3.44. The number of rotatable bonds is 0. The number of carbonyl (C=O) groups excluding carboxylic acids is 1. The summed E-state index contributed by atoms with van der Waals surface area (Å²) in [6.45, 7) is 5.87. The van der Waals surface area contributed by atoms with E-state index in [9.17, 15) is 4.79 Å². The minimum absolute atomic E-state index is 0.305. The lowest BCUT2D eigenvalue weighted by Gasteiger charge is -2.52. The van der Waals surface area contributed by atoms with Crippen LogP contribution in [0.4, 0.5) is 0 Å². The molecule has 0 aromatic carbocycles. The quantitative estimate of drug-likeness (QED) is 0.634. The molecule has 0 saturated carbocycles. The van der Waals surface area contributed by atoms with Crippen LogP contribution in [0.15, 0.2) is 11.1 Å². The summed E-state index contributed by atoms with van der Waals surface area (Å²) in [6, 6.07) is 0.658.